The third-order valence-electron chi connectivity index (χ3n) is 2.90. The second-order valence-electron chi connectivity index (χ2n) is 4.12. The molecular formula is C13H12ClN3O. The average molecular weight is 262 g/mol. The Bertz CT molecular complexity index is 588. The van der Waals surface area contributed by atoms with Crippen molar-refractivity contribution in [2.75, 3.05) is 17.7 Å². The van der Waals surface area contributed by atoms with Gasteiger partial charge in [-0.3, -0.25) is 0 Å². The van der Waals surface area contributed by atoms with Gasteiger partial charge in [0, 0.05) is 5.56 Å². The lowest BCUT2D eigenvalue weighted by molar-refractivity contribution is 0.339. The van der Waals surface area contributed by atoms with Gasteiger partial charge in [-0.1, -0.05) is 29.8 Å². The molecule has 0 fully saturated rings. The van der Waals surface area contributed by atoms with Gasteiger partial charge in [0.05, 0.1) is 11.7 Å². The van der Waals surface area contributed by atoms with Crippen LogP contribution in [0.5, 0.6) is 5.75 Å². The van der Waals surface area contributed by atoms with Crippen LogP contribution in [0, 0.1) is 0 Å². The highest BCUT2D eigenvalue weighted by molar-refractivity contribution is 6.29. The maximum atomic E-state index is 5.86. The van der Waals surface area contributed by atoms with Crippen LogP contribution in [0.1, 0.15) is 11.6 Å². The summed E-state index contributed by atoms with van der Waals surface area (Å²) in [6.07, 6.45) is 0. The molecule has 1 unspecified atom stereocenters. The molecule has 0 bridgehead atoms. The van der Waals surface area contributed by atoms with Crippen molar-refractivity contribution in [3.8, 4) is 5.75 Å². The number of ether oxygens (including phenoxy) is 1. The summed E-state index contributed by atoms with van der Waals surface area (Å²) in [7, 11) is 0. The molecule has 3 rings (SSSR count). The fourth-order valence-electron chi connectivity index (χ4n) is 2.01. The molecule has 1 atom stereocenters. The molecule has 92 valence electrons. The zero-order valence-electron chi connectivity index (χ0n) is 9.56. The van der Waals surface area contributed by atoms with Crippen molar-refractivity contribution in [3.63, 3.8) is 0 Å². The fraction of sp³-hybridized carbons (Fsp3) is 0.154. The van der Waals surface area contributed by atoms with Crippen LogP contribution in [-0.4, -0.2) is 11.6 Å². The normalized spacial score (nSPS) is 17.1. The summed E-state index contributed by atoms with van der Waals surface area (Å²) < 4.78 is 5.59. The van der Waals surface area contributed by atoms with Crippen molar-refractivity contribution in [1.29, 1.82) is 0 Å². The number of hydrogen-bond acceptors (Lipinski definition) is 4. The first kappa shape index (κ1) is 11.2. The second kappa shape index (κ2) is 4.38. The molecular weight excluding hydrogens is 250 g/mol. The van der Waals surface area contributed by atoms with Crippen LogP contribution in [0.15, 0.2) is 36.4 Å². The number of nitrogens with two attached hydrogens (primary N) is 1. The minimum atomic E-state index is 0.0504. The van der Waals surface area contributed by atoms with E-state index in [0.29, 0.717) is 23.3 Å². The monoisotopic (exact) mass is 261 g/mol. The molecule has 0 aliphatic carbocycles. The molecule has 0 spiro atoms. The van der Waals surface area contributed by atoms with Crippen LogP contribution in [-0.2, 0) is 0 Å². The Labute approximate surface area is 110 Å². The van der Waals surface area contributed by atoms with Crippen molar-refractivity contribution in [2.24, 2.45) is 0 Å². The molecule has 1 aliphatic heterocycles. The molecule has 4 nitrogen and oxygen atoms in total. The van der Waals surface area contributed by atoms with E-state index in [1.807, 2.05) is 24.3 Å². The number of rotatable bonds is 2. The summed E-state index contributed by atoms with van der Waals surface area (Å²) in [4.78, 5) is 4.18. The Morgan fingerprint density at radius 3 is 3.00 bits per heavy atom. The van der Waals surface area contributed by atoms with Gasteiger partial charge in [-0.05, 0) is 18.2 Å². The zero-order valence-corrected chi connectivity index (χ0v) is 10.3. The summed E-state index contributed by atoms with van der Waals surface area (Å²) >= 11 is 5.86. The van der Waals surface area contributed by atoms with Crippen molar-refractivity contribution in [3.05, 3.63) is 47.1 Å². The van der Waals surface area contributed by atoms with Crippen LogP contribution in [0.25, 0.3) is 0 Å². The predicted octanol–water partition coefficient (Wildman–Crippen LogP) is 2.86. The Balaban J connectivity index is 1.88. The number of para-hydroxylation sites is 1. The van der Waals surface area contributed by atoms with Gasteiger partial charge in [-0.2, -0.15) is 0 Å². The first-order valence-corrected chi connectivity index (χ1v) is 6.02. The van der Waals surface area contributed by atoms with Crippen LogP contribution >= 0.6 is 11.6 Å². The van der Waals surface area contributed by atoms with Crippen molar-refractivity contribution in [2.45, 2.75) is 6.04 Å². The van der Waals surface area contributed by atoms with Crippen LogP contribution in [0.3, 0.4) is 0 Å². The Kier molecular flexibility index (Phi) is 2.72. The van der Waals surface area contributed by atoms with Gasteiger partial charge >= 0.3 is 0 Å². The van der Waals surface area contributed by atoms with E-state index in [1.54, 1.807) is 12.1 Å². The number of anilines is 2. The van der Waals surface area contributed by atoms with Crippen LogP contribution in [0.2, 0.25) is 5.15 Å². The lowest BCUT2D eigenvalue weighted by Gasteiger charge is -2.14. The van der Waals surface area contributed by atoms with E-state index in [4.69, 9.17) is 22.1 Å². The molecule has 1 aliphatic rings. The molecule has 5 heteroatoms. The summed E-state index contributed by atoms with van der Waals surface area (Å²) in [5.41, 5.74) is 7.55. The highest BCUT2D eigenvalue weighted by atomic mass is 35.5. The van der Waals surface area contributed by atoms with Crippen molar-refractivity contribution in [1.82, 2.24) is 4.98 Å². The standard InChI is InChI=1S/C13H12ClN3O/c14-12-6-5-9(15)13(17-12)16-10-7-18-11-4-2-1-3-8(10)11/h1-6,10H,7,15H2,(H,16,17). The first-order chi connectivity index (χ1) is 8.74. The van der Waals surface area contributed by atoms with E-state index in [-0.39, 0.29) is 6.04 Å². The van der Waals surface area contributed by atoms with E-state index in [0.717, 1.165) is 11.3 Å². The number of aromatic nitrogens is 1. The van der Waals surface area contributed by atoms with Gasteiger partial charge in [0.15, 0.2) is 5.82 Å². The van der Waals surface area contributed by atoms with Gasteiger partial charge in [0.1, 0.15) is 17.5 Å². The third kappa shape index (κ3) is 1.95. The van der Waals surface area contributed by atoms with Crippen molar-refractivity contribution < 1.29 is 4.74 Å². The maximum absolute atomic E-state index is 5.86. The Hall–Kier alpha value is -1.94. The number of nitrogen functional groups attached to an aromatic ring is 1. The molecule has 1 aromatic carbocycles. The minimum absolute atomic E-state index is 0.0504. The molecule has 2 heterocycles. The number of halogens is 1. The summed E-state index contributed by atoms with van der Waals surface area (Å²) in [6.45, 7) is 0.562. The molecule has 0 saturated carbocycles. The summed E-state index contributed by atoms with van der Waals surface area (Å²) in [5, 5.41) is 3.68. The predicted molar refractivity (Wildman–Crippen MR) is 72.0 cm³/mol. The van der Waals surface area contributed by atoms with Gasteiger partial charge in [0.25, 0.3) is 0 Å². The van der Waals surface area contributed by atoms with Gasteiger partial charge < -0.3 is 15.8 Å². The summed E-state index contributed by atoms with van der Waals surface area (Å²) in [6, 6.07) is 11.4. The van der Waals surface area contributed by atoms with E-state index < -0.39 is 0 Å². The maximum Gasteiger partial charge on any atom is 0.151 e. The van der Waals surface area contributed by atoms with Gasteiger partial charge in [-0.25, -0.2) is 4.98 Å². The molecule has 0 amide bonds. The van der Waals surface area contributed by atoms with Gasteiger partial charge in [-0.15, -0.1) is 0 Å². The zero-order chi connectivity index (χ0) is 12.5. The Morgan fingerprint density at radius 2 is 2.11 bits per heavy atom. The molecule has 0 radical (unpaired) electrons. The Morgan fingerprint density at radius 1 is 1.28 bits per heavy atom. The number of fused-ring (bicyclic) bond motifs is 1. The number of hydrogen-bond donors (Lipinski definition) is 2. The van der Waals surface area contributed by atoms with E-state index in [1.165, 1.54) is 0 Å². The smallest absolute Gasteiger partial charge is 0.151 e. The van der Waals surface area contributed by atoms with E-state index in [9.17, 15) is 0 Å². The lowest BCUT2D eigenvalue weighted by atomic mass is 10.1. The SMILES string of the molecule is Nc1ccc(Cl)nc1NC1COc2ccccc21. The fourth-order valence-corrected chi connectivity index (χ4v) is 2.16. The van der Waals surface area contributed by atoms with E-state index >= 15 is 0 Å². The number of benzene rings is 1. The lowest BCUT2D eigenvalue weighted by Crippen LogP contribution is -2.14. The highest BCUT2D eigenvalue weighted by Gasteiger charge is 2.24. The second-order valence-corrected chi connectivity index (χ2v) is 4.50. The molecule has 18 heavy (non-hydrogen) atoms. The van der Waals surface area contributed by atoms with Crippen molar-refractivity contribution >= 4 is 23.1 Å². The van der Waals surface area contributed by atoms with Crippen LogP contribution in [0.4, 0.5) is 11.5 Å². The van der Waals surface area contributed by atoms with Crippen LogP contribution < -0.4 is 15.8 Å². The largest absolute Gasteiger partial charge is 0.491 e. The van der Waals surface area contributed by atoms with Gasteiger partial charge in [0.2, 0.25) is 0 Å². The third-order valence-corrected chi connectivity index (χ3v) is 3.11. The number of nitrogens with one attached hydrogen (secondary N) is 1. The topological polar surface area (TPSA) is 60.2 Å². The molecule has 3 N–H and O–H groups in total. The highest BCUT2D eigenvalue weighted by Crippen LogP contribution is 2.34. The summed E-state index contributed by atoms with van der Waals surface area (Å²) in [5.74, 6) is 1.49. The average Bonchev–Trinajstić information content (AvgIpc) is 2.78. The molecule has 0 saturated heterocycles. The molecule has 1 aromatic heterocycles. The number of nitrogens with zero attached hydrogens (tertiary/aromatic N) is 1. The van der Waals surface area contributed by atoms with E-state index in [2.05, 4.69) is 10.3 Å². The first-order valence-electron chi connectivity index (χ1n) is 5.64. The minimum Gasteiger partial charge on any atom is -0.491 e. The molecule has 2 aromatic rings. The quantitative estimate of drug-likeness (QED) is 0.816. The number of pyridine rings is 1.